The van der Waals surface area contributed by atoms with Gasteiger partial charge in [-0.25, -0.2) is 0 Å². The van der Waals surface area contributed by atoms with Gasteiger partial charge in [0.05, 0.1) is 18.6 Å². The quantitative estimate of drug-likeness (QED) is 0.302. The zero-order valence-electron chi connectivity index (χ0n) is 24.3. The van der Waals surface area contributed by atoms with Gasteiger partial charge in [0.25, 0.3) is 0 Å². The van der Waals surface area contributed by atoms with E-state index in [2.05, 4.69) is 47.6 Å². The van der Waals surface area contributed by atoms with Crippen LogP contribution >= 0.6 is 0 Å². The lowest BCUT2D eigenvalue weighted by Crippen LogP contribution is -2.62. The summed E-state index contributed by atoms with van der Waals surface area (Å²) in [6, 6.07) is 0. The average molecular weight is 487 g/mol. The number of methoxy groups -OCH3 is 1. The lowest BCUT2D eigenvalue weighted by Gasteiger charge is -2.68. The highest BCUT2D eigenvalue weighted by Gasteiger charge is 2.65. The van der Waals surface area contributed by atoms with Crippen molar-refractivity contribution in [1.82, 2.24) is 0 Å². The number of carbonyl (C=O) groups is 1. The number of aliphatic hydroxyl groups is 1. The van der Waals surface area contributed by atoms with E-state index in [1.807, 2.05) is 13.8 Å². The number of esters is 1. The molecule has 1 N–H and O–H groups in total. The van der Waals surface area contributed by atoms with Crippen LogP contribution in [-0.4, -0.2) is 24.3 Å². The van der Waals surface area contributed by atoms with Crippen molar-refractivity contribution in [3.8, 4) is 0 Å². The molecule has 200 valence electrons. The highest BCUT2D eigenvalue weighted by Crippen LogP contribution is 2.72. The van der Waals surface area contributed by atoms with E-state index in [0.717, 1.165) is 51.4 Å². The number of hydrogen-bond donors (Lipinski definition) is 1. The maximum atomic E-state index is 13.2. The molecule has 0 radical (unpaired) electrons. The van der Waals surface area contributed by atoms with Gasteiger partial charge >= 0.3 is 5.97 Å². The van der Waals surface area contributed by atoms with Crippen molar-refractivity contribution in [2.24, 2.45) is 50.7 Å². The normalized spacial score (nSPS) is 47.4. The Hall–Kier alpha value is -0.830. The van der Waals surface area contributed by atoms with Crippen LogP contribution in [0, 0.1) is 50.7 Å². The highest BCUT2D eigenvalue weighted by atomic mass is 16.5. The minimum Gasteiger partial charge on any atom is -0.469 e. The van der Waals surface area contributed by atoms with Gasteiger partial charge in [-0.05, 0) is 110 Å². The van der Waals surface area contributed by atoms with Gasteiger partial charge in [0.15, 0.2) is 0 Å². The van der Waals surface area contributed by atoms with Crippen LogP contribution < -0.4 is 0 Å². The molecule has 35 heavy (non-hydrogen) atoms. The third-order valence-electron chi connectivity index (χ3n) is 12.4. The summed E-state index contributed by atoms with van der Waals surface area (Å²) in [4.78, 5) is 13.2. The molecular weight excluding hydrogens is 432 g/mol. The second-order valence-electron chi connectivity index (χ2n) is 14.6. The van der Waals surface area contributed by atoms with Crippen molar-refractivity contribution >= 4 is 5.97 Å². The molecule has 5 aliphatic carbocycles. The average Bonchev–Trinajstić information content (AvgIpc) is 2.81. The summed E-state index contributed by atoms with van der Waals surface area (Å²) >= 11 is 0. The van der Waals surface area contributed by atoms with Crippen LogP contribution in [0.3, 0.4) is 0 Å². The van der Waals surface area contributed by atoms with E-state index >= 15 is 0 Å². The number of rotatable bonds is 1. The van der Waals surface area contributed by atoms with Gasteiger partial charge in [-0.15, -0.1) is 0 Å². The van der Waals surface area contributed by atoms with Crippen LogP contribution in [0.5, 0.6) is 0 Å². The van der Waals surface area contributed by atoms with Crippen LogP contribution in [0.25, 0.3) is 0 Å². The smallest absolute Gasteiger partial charge is 0.312 e. The summed E-state index contributed by atoms with van der Waals surface area (Å²) in [7, 11) is 1.59. The lowest BCUT2D eigenvalue weighted by atomic mass is 9.37. The molecule has 0 aliphatic heterocycles. The third-order valence-corrected chi connectivity index (χ3v) is 12.4. The molecule has 5 aliphatic rings. The molecule has 4 fully saturated rings. The van der Waals surface area contributed by atoms with Crippen molar-refractivity contribution in [3.05, 3.63) is 11.6 Å². The molecule has 5 rings (SSSR count). The first kappa shape index (κ1) is 27.2. The van der Waals surface area contributed by atoms with Crippen molar-refractivity contribution < 1.29 is 14.6 Å². The van der Waals surface area contributed by atoms with Crippen molar-refractivity contribution in [1.29, 1.82) is 0 Å². The molecule has 0 aromatic rings. The summed E-state index contributed by atoms with van der Waals surface area (Å²) in [5.74, 6) is 2.26. The van der Waals surface area contributed by atoms with E-state index in [0.29, 0.717) is 34.5 Å². The molecule has 0 amide bonds. The van der Waals surface area contributed by atoms with E-state index in [1.165, 1.54) is 12.8 Å². The van der Waals surface area contributed by atoms with Crippen LogP contribution in [0.1, 0.15) is 120 Å². The first-order valence-corrected chi connectivity index (χ1v) is 14.8. The van der Waals surface area contributed by atoms with Crippen molar-refractivity contribution in [3.63, 3.8) is 0 Å². The largest absolute Gasteiger partial charge is 0.469 e. The Kier molecular flexibility index (Phi) is 6.91. The van der Waals surface area contributed by atoms with E-state index in [1.54, 1.807) is 12.7 Å². The molecule has 3 heteroatoms. The number of fused-ring (bicyclic) bond motifs is 7. The molecule has 0 heterocycles. The summed E-state index contributed by atoms with van der Waals surface area (Å²) in [5, 5.41) is 10.9. The molecule has 0 aromatic heterocycles. The summed E-state index contributed by atoms with van der Waals surface area (Å²) in [5.41, 5.74) is 2.20. The fraction of sp³-hybridized carbons (Fsp3) is 0.906. The SMILES string of the molecule is CC.COC(=O)C12CCC3C(=CCC4C3(C)CCC3C(C)(C)C(O)CCC34C)C1CC(C)(C)CC2. The Morgan fingerprint density at radius 2 is 1.51 bits per heavy atom. The Labute approximate surface area is 215 Å². The first-order valence-electron chi connectivity index (χ1n) is 14.8. The molecule has 3 nitrogen and oxygen atoms in total. The second kappa shape index (κ2) is 8.88. The van der Waals surface area contributed by atoms with E-state index in [9.17, 15) is 9.90 Å². The first-order chi connectivity index (χ1) is 16.3. The van der Waals surface area contributed by atoms with Crippen molar-refractivity contribution in [2.45, 2.75) is 126 Å². The highest BCUT2D eigenvalue weighted by molar-refractivity contribution is 5.78. The van der Waals surface area contributed by atoms with E-state index in [4.69, 9.17) is 4.74 Å². The lowest BCUT2D eigenvalue weighted by molar-refractivity contribution is -0.189. The molecule has 0 spiro atoms. The van der Waals surface area contributed by atoms with Crippen LogP contribution in [0.2, 0.25) is 0 Å². The Bertz CT molecular complexity index is 855. The molecule has 4 saturated carbocycles. The molecule has 0 aromatic carbocycles. The zero-order valence-corrected chi connectivity index (χ0v) is 24.3. The van der Waals surface area contributed by atoms with Gasteiger partial charge in [-0.3, -0.25) is 4.79 Å². The maximum absolute atomic E-state index is 13.2. The number of hydrogen-bond acceptors (Lipinski definition) is 3. The van der Waals surface area contributed by atoms with Gasteiger partial charge < -0.3 is 9.84 Å². The predicted molar refractivity (Wildman–Crippen MR) is 144 cm³/mol. The maximum Gasteiger partial charge on any atom is 0.312 e. The van der Waals surface area contributed by atoms with E-state index < -0.39 is 0 Å². The molecular formula is C32H54O3. The third kappa shape index (κ3) is 3.79. The Morgan fingerprint density at radius 1 is 0.857 bits per heavy atom. The number of ether oxygens (including phenoxy) is 1. The monoisotopic (exact) mass is 486 g/mol. The summed E-state index contributed by atoms with van der Waals surface area (Å²) < 4.78 is 5.46. The number of allylic oxidation sites excluding steroid dienone is 2. The summed E-state index contributed by atoms with van der Waals surface area (Å²) in [6.45, 7) is 18.6. The van der Waals surface area contributed by atoms with Gasteiger partial charge in [-0.2, -0.15) is 0 Å². The fourth-order valence-corrected chi connectivity index (χ4v) is 10.5. The Morgan fingerprint density at radius 3 is 2.17 bits per heavy atom. The molecule has 0 bridgehead atoms. The minimum atomic E-state index is -0.298. The van der Waals surface area contributed by atoms with E-state index in [-0.39, 0.29) is 28.3 Å². The number of carbonyl (C=O) groups excluding carboxylic acids is 1. The van der Waals surface area contributed by atoms with Gasteiger partial charge in [0, 0.05) is 0 Å². The van der Waals surface area contributed by atoms with Crippen LogP contribution in [-0.2, 0) is 9.53 Å². The van der Waals surface area contributed by atoms with Crippen LogP contribution in [0.15, 0.2) is 11.6 Å². The molecule has 8 atom stereocenters. The predicted octanol–water partition coefficient (Wildman–Crippen LogP) is 7.96. The summed E-state index contributed by atoms with van der Waals surface area (Å²) in [6.07, 6.45) is 13.5. The van der Waals surface area contributed by atoms with Crippen LogP contribution in [0.4, 0.5) is 0 Å². The topological polar surface area (TPSA) is 46.5 Å². The van der Waals surface area contributed by atoms with Gasteiger partial charge in [0.2, 0.25) is 0 Å². The fourth-order valence-electron chi connectivity index (χ4n) is 10.5. The van der Waals surface area contributed by atoms with Crippen molar-refractivity contribution in [2.75, 3.05) is 7.11 Å². The molecule has 0 saturated heterocycles. The standard InChI is InChI=1S/C30H48O3.C2H6/c1-26(2)16-17-30(25(32)33-7)15-10-20-19(21(30)18-26)8-9-23-28(20,5)13-11-22-27(3,4)24(31)12-14-29(22,23)6;1-2/h8,20-24,31H,9-18H2,1-7H3;1-2H3. The molecule has 8 unspecified atom stereocenters. The van der Waals surface area contributed by atoms with Gasteiger partial charge in [0.1, 0.15) is 0 Å². The zero-order chi connectivity index (χ0) is 26.0. The van der Waals surface area contributed by atoms with Gasteiger partial charge in [-0.1, -0.05) is 67.0 Å². The Balaban J connectivity index is 0.00000141. The number of aliphatic hydroxyl groups excluding tert-OH is 1. The second-order valence-corrected chi connectivity index (χ2v) is 14.6. The minimum absolute atomic E-state index is 0.00167.